The number of urea groups is 1. The minimum Gasteiger partial charge on any atom is -0.337 e. The second-order valence-corrected chi connectivity index (χ2v) is 7.03. The molecule has 2 aliphatic rings. The lowest BCUT2D eigenvalue weighted by molar-refractivity contribution is -0.131. The third kappa shape index (κ3) is 3.80. The number of hydrogen-bond acceptors (Lipinski definition) is 4. The molecule has 0 saturated carbocycles. The lowest BCUT2D eigenvalue weighted by atomic mass is 10.0. The van der Waals surface area contributed by atoms with Gasteiger partial charge < -0.3 is 15.1 Å². The predicted molar refractivity (Wildman–Crippen MR) is 102 cm³/mol. The molecule has 0 saturated heterocycles. The second kappa shape index (κ2) is 7.57. The number of carbonyl (C=O) groups excluding carboxylic acids is 2. The van der Waals surface area contributed by atoms with Crippen LogP contribution in [0.3, 0.4) is 0 Å². The molecule has 0 aliphatic carbocycles. The van der Waals surface area contributed by atoms with E-state index < -0.39 is 17.7 Å². The molecular weight excluding hydrogens is 380 g/mol. The number of aryl methyl sites for hydroxylation is 1. The molecule has 3 amide bonds. The lowest BCUT2D eigenvalue weighted by Gasteiger charge is -2.33. The van der Waals surface area contributed by atoms with Crippen LogP contribution in [0, 0.1) is 18.6 Å². The van der Waals surface area contributed by atoms with Crippen LogP contribution in [0.25, 0.3) is 5.57 Å². The number of hydrogen-bond donors (Lipinski definition) is 1. The van der Waals surface area contributed by atoms with E-state index in [1.807, 2.05) is 6.08 Å². The van der Waals surface area contributed by atoms with E-state index in [9.17, 15) is 18.4 Å². The molecule has 9 heteroatoms. The monoisotopic (exact) mass is 399 g/mol. The molecule has 1 aromatic carbocycles. The standard InChI is InChI=1S/C20H19F2N5O2/c1-12-23-7-14(8-24-12)13-3-2-6-26(9-13)18(28)11-27-10-15-17(25-20(27)29)5-4-16(21)19(15)22/h3-5,7-8H,2,6,9-11H2,1H3,(H,25,29). The number of benzene rings is 1. The smallest absolute Gasteiger partial charge is 0.322 e. The number of amides is 3. The van der Waals surface area contributed by atoms with Crippen LogP contribution in [0.2, 0.25) is 0 Å². The zero-order chi connectivity index (χ0) is 20.5. The first-order chi connectivity index (χ1) is 13.9. The van der Waals surface area contributed by atoms with Gasteiger partial charge in [0.25, 0.3) is 0 Å². The van der Waals surface area contributed by atoms with Gasteiger partial charge in [0.15, 0.2) is 11.6 Å². The fourth-order valence-corrected chi connectivity index (χ4v) is 3.44. The van der Waals surface area contributed by atoms with Crippen molar-refractivity contribution in [3.05, 3.63) is 59.2 Å². The van der Waals surface area contributed by atoms with Crippen LogP contribution >= 0.6 is 0 Å². The van der Waals surface area contributed by atoms with Crippen molar-refractivity contribution in [1.82, 2.24) is 19.8 Å². The van der Waals surface area contributed by atoms with Gasteiger partial charge in [-0.1, -0.05) is 6.08 Å². The molecule has 1 N–H and O–H groups in total. The van der Waals surface area contributed by atoms with Gasteiger partial charge in [0, 0.05) is 36.6 Å². The number of halogens is 2. The maximum absolute atomic E-state index is 14.1. The van der Waals surface area contributed by atoms with Crippen molar-refractivity contribution < 1.29 is 18.4 Å². The highest BCUT2D eigenvalue weighted by atomic mass is 19.2. The molecule has 0 unspecified atom stereocenters. The van der Waals surface area contributed by atoms with Gasteiger partial charge in [-0.3, -0.25) is 4.79 Å². The van der Waals surface area contributed by atoms with Crippen molar-refractivity contribution in [2.75, 3.05) is 25.0 Å². The Balaban J connectivity index is 1.45. The van der Waals surface area contributed by atoms with Crippen LogP contribution in [0.1, 0.15) is 23.4 Å². The maximum atomic E-state index is 14.1. The van der Waals surface area contributed by atoms with E-state index in [0.717, 1.165) is 17.2 Å². The van der Waals surface area contributed by atoms with Crippen LogP contribution < -0.4 is 5.32 Å². The van der Waals surface area contributed by atoms with Gasteiger partial charge >= 0.3 is 6.03 Å². The minimum atomic E-state index is -1.01. The van der Waals surface area contributed by atoms with E-state index in [4.69, 9.17) is 0 Å². The lowest BCUT2D eigenvalue weighted by Crippen LogP contribution is -2.47. The zero-order valence-electron chi connectivity index (χ0n) is 15.8. The summed E-state index contributed by atoms with van der Waals surface area (Å²) >= 11 is 0. The molecule has 0 bridgehead atoms. The van der Waals surface area contributed by atoms with Crippen molar-refractivity contribution in [2.45, 2.75) is 19.9 Å². The highest BCUT2D eigenvalue weighted by Crippen LogP contribution is 2.27. The average molecular weight is 399 g/mol. The van der Waals surface area contributed by atoms with Gasteiger partial charge in [-0.15, -0.1) is 0 Å². The largest absolute Gasteiger partial charge is 0.337 e. The van der Waals surface area contributed by atoms with Crippen LogP contribution in [0.15, 0.2) is 30.6 Å². The average Bonchev–Trinajstić information content (AvgIpc) is 2.72. The van der Waals surface area contributed by atoms with Crippen LogP contribution in [-0.2, 0) is 11.3 Å². The molecule has 1 aromatic heterocycles. The summed E-state index contributed by atoms with van der Waals surface area (Å²) in [5, 5.41) is 2.51. The number of carbonyl (C=O) groups is 2. The van der Waals surface area contributed by atoms with Gasteiger partial charge in [-0.2, -0.15) is 0 Å². The highest BCUT2D eigenvalue weighted by molar-refractivity contribution is 5.95. The molecule has 0 spiro atoms. The normalized spacial score (nSPS) is 16.2. The van der Waals surface area contributed by atoms with Crippen molar-refractivity contribution in [2.24, 2.45) is 0 Å². The summed E-state index contributed by atoms with van der Waals surface area (Å²) in [6.45, 7) is 2.30. The number of fused-ring (bicyclic) bond motifs is 1. The third-order valence-electron chi connectivity index (χ3n) is 5.06. The first-order valence-corrected chi connectivity index (χ1v) is 9.21. The van der Waals surface area contributed by atoms with Crippen LogP contribution in [-0.4, -0.2) is 51.3 Å². The predicted octanol–water partition coefficient (Wildman–Crippen LogP) is 2.73. The molecule has 7 nitrogen and oxygen atoms in total. The van der Waals surface area contributed by atoms with E-state index in [1.54, 1.807) is 24.2 Å². The summed E-state index contributed by atoms with van der Waals surface area (Å²) in [7, 11) is 0. The van der Waals surface area contributed by atoms with E-state index in [0.29, 0.717) is 25.3 Å². The Bertz CT molecular complexity index is 1010. The molecule has 0 radical (unpaired) electrons. The fraction of sp³-hybridized carbons (Fsp3) is 0.300. The third-order valence-corrected chi connectivity index (χ3v) is 5.06. The number of rotatable bonds is 3. The molecule has 0 fully saturated rings. The Hall–Kier alpha value is -3.36. The topological polar surface area (TPSA) is 78.4 Å². The maximum Gasteiger partial charge on any atom is 0.322 e. The molecule has 4 rings (SSSR count). The highest BCUT2D eigenvalue weighted by Gasteiger charge is 2.30. The molecule has 3 heterocycles. The van der Waals surface area contributed by atoms with E-state index >= 15 is 0 Å². The molecule has 2 aromatic rings. The van der Waals surface area contributed by atoms with Gasteiger partial charge in [-0.05, 0) is 31.1 Å². The van der Waals surface area contributed by atoms with Gasteiger partial charge in [0.05, 0.1) is 12.2 Å². The summed E-state index contributed by atoms with van der Waals surface area (Å²) < 4.78 is 27.6. The van der Waals surface area contributed by atoms with Gasteiger partial charge in [0.1, 0.15) is 12.4 Å². The fourth-order valence-electron chi connectivity index (χ4n) is 3.44. The van der Waals surface area contributed by atoms with Crippen molar-refractivity contribution in [1.29, 1.82) is 0 Å². The second-order valence-electron chi connectivity index (χ2n) is 7.03. The first-order valence-electron chi connectivity index (χ1n) is 9.21. The van der Waals surface area contributed by atoms with Crippen molar-refractivity contribution in [3.63, 3.8) is 0 Å². The van der Waals surface area contributed by atoms with Crippen LogP contribution in [0.4, 0.5) is 19.3 Å². The number of anilines is 1. The Morgan fingerprint density at radius 1 is 1.21 bits per heavy atom. The first kappa shape index (κ1) is 19.0. The van der Waals surface area contributed by atoms with Crippen molar-refractivity contribution in [3.8, 4) is 0 Å². The number of nitrogens with one attached hydrogen (secondary N) is 1. The molecule has 0 atom stereocenters. The summed E-state index contributed by atoms with van der Waals surface area (Å²) in [4.78, 5) is 36.3. The number of aromatic nitrogens is 2. The Labute approximate surface area is 166 Å². The van der Waals surface area contributed by atoms with Crippen molar-refractivity contribution >= 4 is 23.2 Å². The van der Waals surface area contributed by atoms with Gasteiger partial charge in [-0.25, -0.2) is 23.5 Å². The van der Waals surface area contributed by atoms with Crippen LogP contribution in [0.5, 0.6) is 0 Å². The molecular formula is C20H19F2N5O2. The quantitative estimate of drug-likeness (QED) is 0.861. The van der Waals surface area contributed by atoms with E-state index in [1.165, 1.54) is 11.0 Å². The Morgan fingerprint density at radius 3 is 2.72 bits per heavy atom. The summed E-state index contributed by atoms with van der Waals surface area (Å²) in [5.41, 5.74) is 2.04. The van der Waals surface area contributed by atoms with E-state index in [-0.39, 0.29) is 30.2 Å². The summed E-state index contributed by atoms with van der Waals surface area (Å²) in [6, 6.07) is 1.76. The molecule has 2 aliphatic heterocycles. The Kier molecular flexibility index (Phi) is 4.96. The Morgan fingerprint density at radius 2 is 1.97 bits per heavy atom. The molecule has 150 valence electrons. The zero-order valence-corrected chi connectivity index (χ0v) is 15.8. The molecule has 29 heavy (non-hydrogen) atoms. The SMILES string of the molecule is Cc1ncc(C2=CCCN(C(=O)CN3Cc4c(ccc(F)c4F)NC3=O)C2)cn1. The summed E-state index contributed by atoms with van der Waals surface area (Å²) in [5.74, 6) is -1.60. The minimum absolute atomic E-state index is 0.0356. The number of nitrogens with zero attached hydrogens (tertiary/aromatic N) is 4. The van der Waals surface area contributed by atoms with Gasteiger partial charge in [0.2, 0.25) is 5.91 Å². The van der Waals surface area contributed by atoms with E-state index in [2.05, 4.69) is 15.3 Å². The summed E-state index contributed by atoms with van der Waals surface area (Å²) in [6.07, 6.45) is 6.15.